The number of imide groups is 1. The van der Waals surface area contributed by atoms with Gasteiger partial charge in [-0.2, -0.15) is 0 Å². The van der Waals surface area contributed by atoms with Gasteiger partial charge in [0.25, 0.3) is 11.8 Å². The Morgan fingerprint density at radius 2 is 1.42 bits per heavy atom. The van der Waals surface area contributed by atoms with E-state index in [4.69, 9.17) is 14.2 Å². The van der Waals surface area contributed by atoms with Crippen LogP contribution in [0.4, 0.5) is 5.69 Å². The maximum Gasteiger partial charge on any atom is 0.282 e. The second-order valence-corrected chi connectivity index (χ2v) is 8.14. The van der Waals surface area contributed by atoms with Crippen molar-refractivity contribution in [3.63, 3.8) is 0 Å². The van der Waals surface area contributed by atoms with Gasteiger partial charge in [-0.3, -0.25) is 9.59 Å². The number of hydrogen-bond acceptors (Lipinski definition) is 6. The van der Waals surface area contributed by atoms with Crippen LogP contribution in [0.5, 0.6) is 5.75 Å². The summed E-state index contributed by atoms with van der Waals surface area (Å²) in [7, 11) is 4.75. The normalized spacial score (nSPS) is 13.8. The highest BCUT2D eigenvalue weighted by Crippen LogP contribution is 2.39. The van der Waals surface area contributed by atoms with Crippen LogP contribution >= 0.6 is 0 Å². The van der Waals surface area contributed by atoms with Crippen LogP contribution in [0, 0.1) is 20.8 Å². The molecule has 176 valence electrons. The summed E-state index contributed by atoms with van der Waals surface area (Å²) in [6, 6.07) is 11.3. The molecule has 2 aromatic rings. The number of rotatable bonds is 10. The predicted molar refractivity (Wildman–Crippen MR) is 128 cm³/mol. The SMILES string of the molecule is COCCN(CCOC)C1=C(c2ccc(C)cc2C)C(=O)N(c2cc(C)ccc2OC)C1=O. The molecular weight excluding hydrogens is 420 g/mol. The maximum atomic E-state index is 13.9. The van der Waals surface area contributed by atoms with Crippen molar-refractivity contribution in [2.24, 2.45) is 0 Å². The molecule has 0 bridgehead atoms. The molecule has 7 nitrogen and oxygen atoms in total. The van der Waals surface area contributed by atoms with Gasteiger partial charge in [-0.25, -0.2) is 4.90 Å². The summed E-state index contributed by atoms with van der Waals surface area (Å²) in [6.07, 6.45) is 0. The molecule has 0 saturated heterocycles. The van der Waals surface area contributed by atoms with Gasteiger partial charge in [-0.1, -0.05) is 29.8 Å². The third-order valence-electron chi connectivity index (χ3n) is 5.73. The van der Waals surface area contributed by atoms with Gasteiger partial charge in [0.15, 0.2) is 0 Å². The molecule has 33 heavy (non-hydrogen) atoms. The van der Waals surface area contributed by atoms with E-state index in [-0.39, 0.29) is 11.8 Å². The standard InChI is InChI=1S/C26H32N2O5/c1-17-7-9-20(19(3)15-17)23-24(27(11-13-31-4)12-14-32-5)26(30)28(25(23)29)21-16-18(2)8-10-22(21)33-6/h7-10,15-16H,11-14H2,1-6H3. The topological polar surface area (TPSA) is 68.3 Å². The van der Waals surface area contributed by atoms with E-state index in [2.05, 4.69) is 0 Å². The number of carbonyl (C=O) groups is 2. The smallest absolute Gasteiger partial charge is 0.282 e. The van der Waals surface area contributed by atoms with Crippen molar-refractivity contribution in [1.29, 1.82) is 0 Å². The minimum atomic E-state index is -0.383. The average Bonchev–Trinajstić information content (AvgIpc) is 3.04. The molecule has 0 fully saturated rings. The van der Waals surface area contributed by atoms with E-state index < -0.39 is 0 Å². The first kappa shape index (κ1) is 24.5. The van der Waals surface area contributed by atoms with Crippen LogP contribution in [0.1, 0.15) is 22.3 Å². The summed E-state index contributed by atoms with van der Waals surface area (Å²) in [5, 5.41) is 0. The number of amides is 2. The second kappa shape index (κ2) is 10.6. The zero-order valence-corrected chi connectivity index (χ0v) is 20.2. The summed E-state index contributed by atoms with van der Waals surface area (Å²) in [6.45, 7) is 7.57. The Labute approximate surface area is 195 Å². The van der Waals surface area contributed by atoms with Gasteiger partial charge in [-0.05, 0) is 49.6 Å². The minimum absolute atomic E-state index is 0.351. The van der Waals surface area contributed by atoms with Gasteiger partial charge in [0.2, 0.25) is 0 Å². The highest BCUT2D eigenvalue weighted by atomic mass is 16.5. The van der Waals surface area contributed by atoms with Gasteiger partial charge < -0.3 is 19.1 Å². The number of ether oxygens (including phenoxy) is 3. The fourth-order valence-electron chi connectivity index (χ4n) is 4.08. The second-order valence-electron chi connectivity index (χ2n) is 8.14. The molecule has 0 saturated carbocycles. The van der Waals surface area contributed by atoms with Gasteiger partial charge in [-0.15, -0.1) is 0 Å². The summed E-state index contributed by atoms with van der Waals surface area (Å²) < 4.78 is 16.1. The zero-order valence-electron chi connectivity index (χ0n) is 20.2. The van der Waals surface area contributed by atoms with Crippen molar-refractivity contribution in [2.75, 3.05) is 52.5 Å². The fourth-order valence-corrected chi connectivity index (χ4v) is 4.08. The number of nitrogens with zero attached hydrogens (tertiary/aromatic N) is 2. The van der Waals surface area contributed by atoms with Crippen molar-refractivity contribution in [1.82, 2.24) is 4.90 Å². The van der Waals surface area contributed by atoms with Gasteiger partial charge in [0.1, 0.15) is 11.4 Å². The molecule has 1 aliphatic heterocycles. The van der Waals surface area contributed by atoms with E-state index in [1.165, 1.54) is 12.0 Å². The molecule has 3 rings (SSSR count). The number of hydrogen-bond donors (Lipinski definition) is 0. The van der Waals surface area contributed by atoms with E-state index in [0.29, 0.717) is 49.0 Å². The molecule has 0 N–H and O–H groups in total. The van der Waals surface area contributed by atoms with Crippen LogP contribution < -0.4 is 9.64 Å². The van der Waals surface area contributed by atoms with E-state index in [9.17, 15) is 9.59 Å². The third-order valence-corrected chi connectivity index (χ3v) is 5.73. The van der Waals surface area contributed by atoms with E-state index in [1.54, 1.807) is 26.4 Å². The lowest BCUT2D eigenvalue weighted by atomic mass is 9.97. The largest absolute Gasteiger partial charge is 0.495 e. The molecule has 1 heterocycles. The monoisotopic (exact) mass is 452 g/mol. The Bertz CT molecular complexity index is 1070. The quantitative estimate of drug-likeness (QED) is 0.514. The molecule has 7 heteroatoms. The Balaban J connectivity index is 2.22. The van der Waals surface area contributed by atoms with Crippen molar-refractivity contribution in [3.8, 4) is 5.75 Å². The lowest BCUT2D eigenvalue weighted by Crippen LogP contribution is -2.37. The molecule has 0 unspecified atom stereocenters. The lowest BCUT2D eigenvalue weighted by Gasteiger charge is -2.26. The molecular formula is C26H32N2O5. The molecule has 0 aromatic heterocycles. The Morgan fingerprint density at radius 3 is 2.00 bits per heavy atom. The summed E-state index contributed by atoms with van der Waals surface area (Å²) in [5.74, 6) is -0.291. The first-order chi connectivity index (χ1) is 15.8. The van der Waals surface area contributed by atoms with Crippen LogP contribution in [0.3, 0.4) is 0 Å². The van der Waals surface area contributed by atoms with Crippen molar-refractivity contribution in [2.45, 2.75) is 20.8 Å². The van der Waals surface area contributed by atoms with E-state index >= 15 is 0 Å². The van der Waals surface area contributed by atoms with Crippen LogP contribution in [0.2, 0.25) is 0 Å². The minimum Gasteiger partial charge on any atom is -0.495 e. The van der Waals surface area contributed by atoms with Gasteiger partial charge in [0.05, 0.1) is 31.6 Å². The van der Waals surface area contributed by atoms with E-state index in [0.717, 1.165) is 22.3 Å². The van der Waals surface area contributed by atoms with Crippen LogP contribution in [-0.2, 0) is 19.1 Å². The number of aryl methyl sites for hydroxylation is 3. The van der Waals surface area contributed by atoms with Gasteiger partial charge in [0, 0.05) is 27.3 Å². The van der Waals surface area contributed by atoms with E-state index in [1.807, 2.05) is 49.9 Å². The number of anilines is 1. The first-order valence-electron chi connectivity index (χ1n) is 10.9. The Hall–Kier alpha value is -3.16. The first-order valence-corrected chi connectivity index (χ1v) is 10.9. The zero-order chi connectivity index (χ0) is 24.1. The average molecular weight is 453 g/mol. The molecule has 1 aliphatic rings. The summed E-state index contributed by atoms with van der Waals surface area (Å²) >= 11 is 0. The molecule has 2 aromatic carbocycles. The Kier molecular flexibility index (Phi) is 7.89. The van der Waals surface area contributed by atoms with Crippen LogP contribution in [0.15, 0.2) is 42.1 Å². The summed E-state index contributed by atoms with van der Waals surface area (Å²) in [5.41, 5.74) is 4.84. The van der Waals surface area contributed by atoms with Crippen LogP contribution in [0.25, 0.3) is 5.57 Å². The molecule has 0 spiro atoms. The molecule has 0 atom stereocenters. The summed E-state index contributed by atoms with van der Waals surface area (Å²) in [4.78, 5) is 30.9. The predicted octanol–water partition coefficient (Wildman–Crippen LogP) is 3.50. The highest BCUT2D eigenvalue weighted by molar-refractivity contribution is 6.45. The maximum absolute atomic E-state index is 13.9. The van der Waals surface area contributed by atoms with Gasteiger partial charge >= 0.3 is 0 Å². The number of carbonyl (C=O) groups excluding carboxylic acids is 2. The molecule has 0 radical (unpaired) electrons. The third kappa shape index (κ3) is 4.94. The van der Waals surface area contributed by atoms with Crippen LogP contribution in [-0.4, -0.2) is 64.3 Å². The van der Waals surface area contributed by atoms with Crippen molar-refractivity contribution in [3.05, 3.63) is 64.3 Å². The number of benzene rings is 2. The lowest BCUT2D eigenvalue weighted by molar-refractivity contribution is -0.120. The fraction of sp³-hybridized carbons (Fsp3) is 0.385. The molecule has 2 amide bonds. The molecule has 0 aliphatic carbocycles. The Morgan fingerprint density at radius 1 is 0.818 bits per heavy atom. The van der Waals surface area contributed by atoms with Crippen molar-refractivity contribution < 1.29 is 23.8 Å². The highest BCUT2D eigenvalue weighted by Gasteiger charge is 2.43. The number of methoxy groups -OCH3 is 3. The van der Waals surface area contributed by atoms with Crippen molar-refractivity contribution >= 4 is 23.1 Å².